The van der Waals surface area contributed by atoms with E-state index >= 15 is 0 Å². The monoisotopic (exact) mass is 250 g/mol. The van der Waals surface area contributed by atoms with E-state index in [0.717, 1.165) is 32.7 Å². The number of anilines is 1. The molecule has 4 heteroatoms. The lowest BCUT2D eigenvalue weighted by Gasteiger charge is -2.24. The summed E-state index contributed by atoms with van der Waals surface area (Å²) in [4.78, 5) is 1.38. The van der Waals surface area contributed by atoms with Gasteiger partial charge in [-0.2, -0.15) is 0 Å². The normalized spacial score (nSPS) is 23.9. The van der Waals surface area contributed by atoms with Gasteiger partial charge in [0, 0.05) is 36.0 Å². The van der Waals surface area contributed by atoms with Gasteiger partial charge in [-0.3, -0.25) is 0 Å². The summed E-state index contributed by atoms with van der Waals surface area (Å²) in [6.45, 7) is 3.87. The lowest BCUT2D eigenvalue weighted by atomic mass is 10.1. The van der Waals surface area contributed by atoms with Crippen molar-refractivity contribution in [3.8, 4) is 0 Å². The van der Waals surface area contributed by atoms with E-state index in [1.807, 2.05) is 11.8 Å². The molecule has 1 unspecified atom stereocenters. The molecule has 3 nitrogen and oxygen atoms in total. The summed E-state index contributed by atoms with van der Waals surface area (Å²) in [5.74, 6) is 1.17. The number of hydrogen-bond acceptors (Lipinski definition) is 4. The van der Waals surface area contributed by atoms with Gasteiger partial charge < -0.3 is 15.4 Å². The Bertz CT molecular complexity index is 391. The fourth-order valence-electron chi connectivity index (χ4n) is 2.33. The zero-order valence-electron chi connectivity index (χ0n) is 9.87. The van der Waals surface area contributed by atoms with Crippen molar-refractivity contribution in [2.24, 2.45) is 0 Å². The first-order valence-corrected chi connectivity index (χ1v) is 7.22. The number of ether oxygens (including phenoxy) is 1. The van der Waals surface area contributed by atoms with Gasteiger partial charge in [0.25, 0.3) is 0 Å². The summed E-state index contributed by atoms with van der Waals surface area (Å²) >= 11 is 1.94. The van der Waals surface area contributed by atoms with Crippen LogP contribution in [0.15, 0.2) is 23.1 Å². The van der Waals surface area contributed by atoms with Gasteiger partial charge in [-0.1, -0.05) is 6.07 Å². The minimum atomic E-state index is 0.332. The number of fused-ring (bicyclic) bond motifs is 1. The van der Waals surface area contributed by atoms with Crippen molar-refractivity contribution in [1.82, 2.24) is 5.32 Å². The molecule has 2 aliphatic heterocycles. The van der Waals surface area contributed by atoms with Crippen LogP contribution >= 0.6 is 11.8 Å². The first-order chi connectivity index (χ1) is 8.42. The highest BCUT2D eigenvalue weighted by atomic mass is 32.2. The summed E-state index contributed by atoms with van der Waals surface area (Å²) in [7, 11) is 0. The molecular weight excluding hydrogens is 232 g/mol. The van der Waals surface area contributed by atoms with Crippen LogP contribution in [0.5, 0.6) is 0 Å². The molecule has 1 atom stereocenters. The molecule has 0 radical (unpaired) electrons. The fraction of sp³-hybridized carbons (Fsp3) is 0.538. The second-order valence-electron chi connectivity index (χ2n) is 4.51. The first kappa shape index (κ1) is 11.4. The summed E-state index contributed by atoms with van der Waals surface area (Å²) in [5.41, 5.74) is 2.66. The molecule has 92 valence electrons. The van der Waals surface area contributed by atoms with E-state index in [-0.39, 0.29) is 0 Å². The predicted molar refractivity (Wildman–Crippen MR) is 72.0 cm³/mol. The third-order valence-electron chi connectivity index (χ3n) is 3.19. The van der Waals surface area contributed by atoms with Crippen LogP contribution in [0.4, 0.5) is 5.69 Å². The zero-order valence-corrected chi connectivity index (χ0v) is 10.7. The molecule has 0 amide bonds. The predicted octanol–water partition coefficient (Wildman–Crippen LogP) is 1.74. The molecule has 3 rings (SSSR count). The molecule has 1 fully saturated rings. The number of morpholine rings is 1. The molecule has 1 aromatic carbocycles. The van der Waals surface area contributed by atoms with Crippen LogP contribution in [-0.4, -0.2) is 38.1 Å². The van der Waals surface area contributed by atoms with Crippen molar-refractivity contribution in [2.45, 2.75) is 17.4 Å². The van der Waals surface area contributed by atoms with Crippen molar-refractivity contribution in [3.63, 3.8) is 0 Å². The third-order valence-corrected chi connectivity index (χ3v) is 4.26. The molecule has 1 saturated heterocycles. The highest BCUT2D eigenvalue weighted by molar-refractivity contribution is 7.99. The van der Waals surface area contributed by atoms with Crippen LogP contribution in [-0.2, 0) is 11.2 Å². The number of benzene rings is 1. The number of thioether (sulfide) groups is 1. The largest absolute Gasteiger partial charge is 0.383 e. The Hall–Kier alpha value is -0.710. The highest BCUT2D eigenvalue weighted by Gasteiger charge is 2.15. The summed E-state index contributed by atoms with van der Waals surface area (Å²) < 4.78 is 5.74. The Labute approximate surface area is 106 Å². The van der Waals surface area contributed by atoms with Gasteiger partial charge in [-0.05, 0) is 24.1 Å². The summed E-state index contributed by atoms with van der Waals surface area (Å²) in [6.07, 6.45) is 1.34. The molecule has 2 heterocycles. The molecule has 0 aromatic heterocycles. The first-order valence-electron chi connectivity index (χ1n) is 6.24. The Kier molecular flexibility index (Phi) is 3.54. The SMILES string of the molecule is c1cc2c(cc1CC1CNCCO1)NCCS2. The standard InChI is InChI=1S/C13H18N2OS/c1-2-13-12(15-4-6-17-13)8-10(1)7-11-9-14-3-5-16-11/h1-2,8,11,14-15H,3-7,9H2. The Balaban J connectivity index is 1.70. The van der Waals surface area contributed by atoms with Crippen LogP contribution in [0, 0.1) is 0 Å². The zero-order chi connectivity index (χ0) is 11.5. The van der Waals surface area contributed by atoms with E-state index in [2.05, 4.69) is 28.8 Å². The van der Waals surface area contributed by atoms with Crippen molar-refractivity contribution < 1.29 is 4.74 Å². The molecule has 2 N–H and O–H groups in total. The van der Waals surface area contributed by atoms with Gasteiger partial charge in [0.2, 0.25) is 0 Å². The minimum absolute atomic E-state index is 0.332. The van der Waals surface area contributed by atoms with Crippen LogP contribution < -0.4 is 10.6 Å². The Morgan fingerprint density at radius 2 is 2.35 bits per heavy atom. The minimum Gasteiger partial charge on any atom is -0.383 e. The third kappa shape index (κ3) is 2.76. The number of hydrogen-bond donors (Lipinski definition) is 2. The average Bonchev–Trinajstić information content (AvgIpc) is 2.40. The van der Waals surface area contributed by atoms with Gasteiger partial charge in [-0.15, -0.1) is 11.8 Å². The van der Waals surface area contributed by atoms with Crippen molar-refractivity contribution in [3.05, 3.63) is 23.8 Å². The van der Waals surface area contributed by atoms with E-state index in [0.29, 0.717) is 6.10 Å². The lowest BCUT2D eigenvalue weighted by Crippen LogP contribution is -2.39. The molecule has 2 aliphatic rings. The summed E-state index contributed by atoms with van der Waals surface area (Å²) in [5, 5.41) is 6.84. The second-order valence-corrected chi connectivity index (χ2v) is 5.64. The molecule has 0 aliphatic carbocycles. The van der Waals surface area contributed by atoms with Crippen LogP contribution in [0.25, 0.3) is 0 Å². The molecule has 0 bridgehead atoms. The van der Waals surface area contributed by atoms with Crippen molar-refractivity contribution in [1.29, 1.82) is 0 Å². The van der Waals surface area contributed by atoms with Gasteiger partial charge in [0.05, 0.1) is 12.7 Å². The second kappa shape index (κ2) is 5.29. The fourth-order valence-corrected chi connectivity index (χ4v) is 3.20. The maximum absolute atomic E-state index is 5.74. The van der Waals surface area contributed by atoms with E-state index in [4.69, 9.17) is 4.74 Å². The molecule has 17 heavy (non-hydrogen) atoms. The van der Waals surface area contributed by atoms with Crippen LogP contribution in [0.3, 0.4) is 0 Å². The van der Waals surface area contributed by atoms with Crippen LogP contribution in [0.1, 0.15) is 5.56 Å². The highest BCUT2D eigenvalue weighted by Crippen LogP contribution is 2.31. The maximum atomic E-state index is 5.74. The van der Waals surface area contributed by atoms with E-state index < -0.39 is 0 Å². The Morgan fingerprint density at radius 3 is 3.24 bits per heavy atom. The van der Waals surface area contributed by atoms with Crippen molar-refractivity contribution >= 4 is 17.4 Å². The molecule has 0 saturated carbocycles. The molecule has 0 spiro atoms. The van der Waals surface area contributed by atoms with Gasteiger partial charge in [0.15, 0.2) is 0 Å². The number of nitrogens with one attached hydrogen (secondary N) is 2. The van der Waals surface area contributed by atoms with Gasteiger partial charge in [-0.25, -0.2) is 0 Å². The molecular formula is C13H18N2OS. The van der Waals surface area contributed by atoms with Gasteiger partial charge in [0.1, 0.15) is 0 Å². The smallest absolute Gasteiger partial charge is 0.0740 e. The quantitative estimate of drug-likeness (QED) is 0.837. The molecule has 1 aromatic rings. The van der Waals surface area contributed by atoms with Crippen LogP contribution in [0.2, 0.25) is 0 Å². The lowest BCUT2D eigenvalue weighted by molar-refractivity contribution is 0.0292. The van der Waals surface area contributed by atoms with E-state index in [1.165, 1.54) is 21.9 Å². The number of rotatable bonds is 2. The van der Waals surface area contributed by atoms with Gasteiger partial charge >= 0.3 is 0 Å². The Morgan fingerprint density at radius 1 is 1.35 bits per heavy atom. The topological polar surface area (TPSA) is 33.3 Å². The average molecular weight is 250 g/mol. The van der Waals surface area contributed by atoms with Crippen molar-refractivity contribution in [2.75, 3.05) is 37.3 Å². The summed E-state index contributed by atoms with van der Waals surface area (Å²) in [6, 6.07) is 6.74. The van der Waals surface area contributed by atoms with E-state index in [9.17, 15) is 0 Å². The maximum Gasteiger partial charge on any atom is 0.0740 e. The van der Waals surface area contributed by atoms with E-state index in [1.54, 1.807) is 0 Å².